The maximum absolute atomic E-state index is 14.1. The molecule has 4 heterocycles. The fourth-order valence-electron chi connectivity index (χ4n) is 4.02. The molecule has 126 valence electrons. The summed E-state index contributed by atoms with van der Waals surface area (Å²) in [6, 6.07) is 0.140. The molecule has 3 fully saturated rings. The van der Waals surface area contributed by atoms with Gasteiger partial charge in [-0.2, -0.15) is 4.98 Å². The van der Waals surface area contributed by atoms with Crippen LogP contribution >= 0.6 is 0 Å². The number of aromatic nitrogens is 2. The van der Waals surface area contributed by atoms with Gasteiger partial charge in [0.15, 0.2) is 11.6 Å². The van der Waals surface area contributed by atoms with E-state index in [2.05, 4.69) is 14.9 Å². The molecule has 0 radical (unpaired) electrons. The number of hydrogen-bond acceptors (Lipinski definition) is 6. The quantitative estimate of drug-likeness (QED) is 0.891. The molecule has 4 rings (SSSR count). The minimum absolute atomic E-state index is 0.140. The maximum Gasteiger partial charge on any atom is 0.227 e. The molecule has 0 spiro atoms. The molecule has 23 heavy (non-hydrogen) atoms. The van der Waals surface area contributed by atoms with E-state index in [0.29, 0.717) is 24.9 Å². The average molecular weight is 321 g/mol. The first kappa shape index (κ1) is 15.1. The second-order valence-corrected chi connectivity index (χ2v) is 6.82. The standard InChI is InChI=1S/C16H24FN5O/c17-12-9-18-16(19-15(12)21-7-3-4-8-21)22-10-13(14(23)11-22)20-5-1-2-6-20/h9,13-14,23H,1-8,10-11H2/t13-,14-/m0/s1. The van der Waals surface area contributed by atoms with Crippen LogP contribution in [0.4, 0.5) is 16.2 Å². The van der Waals surface area contributed by atoms with E-state index < -0.39 is 6.10 Å². The minimum Gasteiger partial charge on any atom is -0.390 e. The van der Waals surface area contributed by atoms with Gasteiger partial charge < -0.3 is 14.9 Å². The third-order valence-corrected chi connectivity index (χ3v) is 5.27. The predicted molar refractivity (Wildman–Crippen MR) is 86.3 cm³/mol. The minimum atomic E-state index is -0.392. The van der Waals surface area contributed by atoms with E-state index in [1.165, 1.54) is 19.0 Å². The number of aliphatic hydroxyl groups is 1. The Kier molecular flexibility index (Phi) is 4.07. The van der Waals surface area contributed by atoms with Crippen LogP contribution < -0.4 is 9.80 Å². The van der Waals surface area contributed by atoms with Gasteiger partial charge in [-0.1, -0.05) is 0 Å². The lowest BCUT2D eigenvalue weighted by Crippen LogP contribution is -2.41. The van der Waals surface area contributed by atoms with Crippen LogP contribution in [0.25, 0.3) is 0 Å². The summed E-state index contributed by atoms with van der Waals surface area (Å²) in [4.78, 5) is 15.0. The number of nitrogens with zero attached hydrogens (tertiary/aromatic N) is 5. The Hall–Kier alpha value is -1.47. The van der Waals surface area contributed by atoms with Gasteiger partial charge in [-0.15, -0.1) is 0 Å². The molecule has 1 N–H and O–H groups in total. The number of aliphatic hydroxyl groups excluding tert-OH is 1. The van der Waals surface area contributed by atoms with Crippen LogP contribution in [0.2, 0.25) is 0 Å². The molecular weight excluding hydrogens is 297 g/mol. The van der Waals surface area contributed by atoms with E-state index in [0.717, 1.165) is 39.0 Å². The van der Waals surface area contributed by atoms with E-state index in [-0.39, 0.29) is 11.9 Å². The van der Waals surface area contributed by atoms with Gasteiger partial charge in [0.2, 0.25) is 5.95 Å². The molecule has 0 amide bonds. The van der Waals surface area contributed by atoms with Crippen molar-refractivity contribution in [2.75, 3.05) is 49.1 Å². The normalized spacial score (nSPS) is 29.0. The van der Waals surface area contributed by atoms with E-state index in [1.54, 1.807) is 0 Å². The molecule has 3 aliphatic rings. The smallest absolute Gasteiger partial charge is 0.227 e. The highest BCUT2D eigenvalue weighted by molar-refractivity contribution is 5.46. The number of anilines is 2. The second kappa shape index (κ2) is 6.20. The first-order valence-electron chi connectivity index (χ1n) is 8.67. The SMILES string of the molecule is O[C@H]1CN(c2ncc(F)c(N3CCCC3)n2)C[C@@H]1N1CCCC1. The molecular formula is C16H24FN5O. The topological polar surface area (TPSA) is 55.7 Å². The van der Waals surface area contributed by atoms with Gasteiger partial charge in [0, 0.05) is 26.2 Å². The lowest BCUT2D eigenvalue weighted by Gasteiger charge is -2.25. The number of hydrogen-bond donors (Lipinski definition) is 1. The van der Waals surface area contributed by atoms with Crippen molar-refractivity contribution in [1.29, 1.82) is 0 Å². The summed E-state index contributed by atoms with van der Waals surface area (Å²) in [7, 11) is 0. The molecule has 1 aromatic heterocycles. The predicted octanol–water partition coefficient (Wildman–Crippen LogP) is 0.861. The third-order valence-electron chi connectivity index (χ3n) is 5.27. The van der Waals surface area contributed by atoms with Crippen LogP contribution in [0.3, 0.4) is 0 Å². The lowest BCUT2D eigenvalue weighted by atomic mass is 10.2. The van der Waals surface area contributed by atoms with Gasteiger partial charge in [0.1, 0.15) is 0 Å². The number of halogens is 1. The number of rotatable bonds is 3. The summed E-state index contributed by atoms with van der Waals surface area (Å²) in [5.41, 5.74) is 0. The molecule has 6 nitrogen and oxygen atoms in total. The Labute approximate surface area is 135 Å². The van der Waals surface area contributed by atoms with E-state index in [4.69, 9.17) is 0 Å². The number of likely N-dealkylation sites (tertiary alicyclic amines) is 1. The fourth-order valence-corrected chi connectivity index (χ4v) is 4.02. The van der Waals surface area contributed by atoms with Crippen molar-refractivity contribution in [2.45, 2.75) is 37.8 Å². The van der Waals surface area contributed by atoms with Crippen LogP contribution in [0.1, 0.15) is 25.7 Å². The Balaban J connectivity index is 1.52. The van der Waals surface area contributed by atoms with Crippen LogP contribution in [0.15, 0.2) is 6.20 Å². The highest BCUT2D eigenvalue weighted by atomic mass is 19.1. The summed E-state index contributed by atoms with van der Waals surface area (Å²) in [6.45, 7) is 5.05. The molecule has 3 aliphatic heterocycles. The molecule has 0 unspecified atom stereocenters. The monoisotopic (exact) mass is 321 g/mol. The van der Waals surface area contributed by atoms with Crippen LogP contribution in [-0.4, -0.2) is 71.4 Å². The van der Waals surface area contributed by atoms with Gasteiger partial charge in [-0.05, 0) is 38.8 Å². The Morgan fingerprint density at radius 2 is 1.70 bits per heavy atom. The molecule has 1 aromatic rings. The van der Waals surface area contributed by atoms with Gasteiger partial charge in [-0.3, -0.25) is 4.90 Å². The molecule has 0 aliphatic carbocycles. The molecule has 0 bridgehead atoms. The van der Waals surface area contributed by atoms with Gasteiger partial charge in [-0.25, -0.2) is 9.37 Å². The molecule has 7 heteroatoms. The average Bonchev–Trinajstić information content (AvgIpc) is 3.29. The van der Waals surface area contributed by atoms with Crippen LogP contribution in [-0.2, 0) is 0 Å². The zero-order valence-electron chi connectivity index (χ0n) is 13.4. The zero-order valence-corrected chi connectivity index (χ0v) is 13.4. The summed E-state index contributed by atoms with van der Waals surface area (Å²) >= 11 is 0. The molecule has 0 aromatic carbocycles. The zero-order chi connectivity index (χ0) is 15.8. The maximum atomic E-state index is 14.1. The lowest BCUT2D eigenvalue weighted by molar-refractivity contribution is 0.0986. The Morgan fingerprint density at radius 1 is 1.00 bits per heavy atom. The van der Waals surface area contributed by atoms with Crippen molar-refractivity contribution in [2.24, 2.45) is 0 Å². The van der Waals surface area contributed by atoms with Crippen molar-refractivity contribution in [1.82, 2.24) is 14.9 Å². The van der Waals surface area contributed by atoms with Crippen molar-refractivity contribution in [3.8, 4) is 0 Å². The summed E-state index contributed by atoms with van der Waals surface area (Å²) in [5, 5.41) is 10.4. The fraction of sp³-hybridized carbons (Fsp3) is 0.750. The molecule has 2 atom stereocenters. The van der Waals surface area contributed by atoms with Crippen molar-refractivity contribution in [3.63, 3.8) is 0 Å². The van der Waals surface area contributed by atoms with Gasteiger partial charge in [0.05, 0.1) is 18.3 Å². The van der Waals surface area contributed by atoms with Crippen molar-refractivity contribution in [3.05, 3.63) is 12.0 Å². The van der Waals surface area contributed by atoms with Crippen molar-refractivity contribution < 1.29 is 9.50 Å². The Bertz CT molecular complexity index is 559. The van der Waals surface area contributed by atoms with E-state index in [1.807, 2.05) is 9.80 Å². The summed E-state index contributed by atoms with van der Waals surface area (Å²) in [6.07, 6.45) is 5.45. The summed E-state index contributed by atoms with van der Waals surface area (Å²) in [5.74, 6) is 0.590. The van der Waals surface area contributed by atoms with Gasteiger partial charge in [0.25, 0.3) is 0 Å². The molecule has 0 saturated carbocycles. The largest absolute Gasteiger partial charge is 0.390 e. The summed E-state index contributed by atoms with van der Waals surface area (Å²) < 4.78 is 14.1. The Morgan fingerprint density at radius 3 is 2.43 bits per heavy atom. The highest BCUT2D eigenvalue weighted by Crippen LogP contribution is 2.27. The first-order valence-corrected chi connectivity index (χ1v) is 8.67. The van der Waals surface area contributed by atoms with Crippen LogP contribution in [0, 0.1) is 5.82 Å². The van der Waals surface area contributed by atoms with E-state index in [9.17, 15) is 9.50 Å². The first-order chi connectivity index (χ1) is 11.2. The second-order valence-electron chi connectivity index (χ2n) is 6.82. The third kappa shape index (κ3) is 2.87. The highest BCUT2D eigenvalue weighted by Gasteiger charge is 2.37. The number of β-amino-alcohol motifs (C(OH)–C–C–N with tert-alkyl or cyclic N) is 1. The molecule has 3 saturated heterocycles. The van der Waals surface area contributed by atoms with Crippen molar-refractivity contribution >= 4 is 11.8 Å². The van der Waals surface area contributed by atoms with Gasteiger partial charge >= 0.3 is 0 Å². The van der Waals surface area contributed by atoms with Crippen LogP contribution in [0.5, 0.6) is 0 Å². The van der Waals surface area contributed by atoms with E-state index >= 15 is 0 Å².